The maximum Gasteiger partial charge on any atom is 0.302 e. The minimum absolute atomic E-state index is 0.331. The average Bonchev–Trinajstić information content (AvgIpc) is 2.32. The number of nitrogens with one attached hydrogen (secondary N) is 1. The highest BCUT2D eigenvalue weighted by Gasteiger charge is 2.25. The zero-order valence-electron chi connectivity index (χ0n) is 10.0. The van der Waals surface area contributed by atoms with E-state index in [1.165, 1.54) is 4.31 Å². The summed E-state index contributed by atoms with van der Waals surface area (Å²) in [5.74, 6) is 0.331. The Morgan fingerprint density at radius 2 is 1.94 bits per heavy atom. The second-order valence-electron chi connectivity index (χ2n) is 4.17. The molecule has 0 bridgehead atoms. The lowest BCUT2D eigenvalue weighted by Crippen LogP contribution is -2.48. The van der Waals surface area contributed by atoms with E-state index in [0.29, 0.717) is 18.9 Å². The molecule has 1 aliphatic heterocycles. The highest BCUT2D eigenvalue weighted by molar-refractivity contribution is 9.10. The van der Waals surface area contributed by atoms with Crippen molar-refractivity contribution in [1.82, 2.24) is 14.2 Å². The second-order valence-corrected chi connectivity index (χ2v) is 6.76. The number of halogens is 1. The van der Waals surface area contributed by atoms with Crippen LogP contribution in [0.1, 0.15) is 0 Å². The lowest BCUT2D eigenvalue weighted by atomic mass is 10.4. The molecule has 1 aromatic heterocycles. The van der Waals surface area contributed by atoms with Gasteiger partial charge in [0.25, 0.3) is 0 Å². The third kappa shape index (κ3) is 3.41. The van der Waals surface area contributed by atoms with Crippen molar-refractivity contribution in [2.45, 2.75) is 0 Å². The monoisotopic (exact) mass is 334 g/mol. The first-order chi connectivity index (χ1) is 8.47. The minimum atomic E-state index is -3.49. The molecule has 18 heavy (non-hydrogen) atoms. The molecule has 1 saturated heterocycles. The first-order valence-corrected chi connectivity index (χ1v) is 7.79. The van der Waals surface area contributed by atoms with Gasteiger partial charge in [-0.25, -0.2) is 4.98 Å². The van der Waals surface area contributed by atoms with Crippen LogP contribution in [0.5, 0.6) is 0 Å². The van der Waals surface area contributed by atoms with Gasteiger partial charge in [-0.2, -0.15) is 12.7 Å². The minimum Gasteiger partial charge on any atom is -0.304 e. The maximum atomic E-state index is 12.1. The van der Waals surface area contributed by atoms with Crippen LogP contribution in [0.15, 0.2) is 22.8 Å². The van der Waals surface area contributed by atoms with Crippen LogP contribution in [0.4, 0.5) is 5.82 Å². The van der Waals surface area contributed by atoms with Crippen LogP contribution in [0.25, 0.3) is 0 Å². The van der Waals surface area contributed by atoms with Gasteiger partial charge in [-0.05, 0) is 35.1 Å². The zero-order valence-corrected chi connectivity index (χ0v) is 12.4. The van der Waals surface area contributed by atoms with Gasteiger partial charge in [0.1, 0.15) is 5.82 Å². The molecule has 0 aliphatic carbocycles. The molecule has 0 atom stereocenters. The van der Waals surface area contributed by atoms with Crippen molar-refractivity contribution in [2.75, 3.05) is 37.9 Å². The predicted molar refractivity (Wildman–Crippen MR) is 73.5 cm³/mol. The third-order valence-corrected chi connectivity index (χ3v) is 4.74. The number of hydrogen-bond acceptors (Lipinski definition) is 4. The van der Waals surface area contributed by atoms with Crippen LogP contribution in [0.3, 0.4) is 0 Å². The van der Waals surface area contributed by atoms with Crippen molar-refractivity contribution < 1.29 is 8.42 Å². The largest absolute Gasteiger partial charge is 0.304 e. The SMILES string of the molecule is CN1CCN(S(=O)(=O)Nc2ccc(Br)cn2)CC1. The molecule has 1 aromatic rings. The highest BCUT2D eigenvalue weighted by Crippen LogP contribution is 2.14. The molecule has 0 amide bonds. The molecule has 0 unspecified atom stereocenters. The van der Waals surface area contributed by atoms with Crippen molar-refractivity contribution in [3.8, 4) is 0 Å². The highest BCUT2D eigenvalue weighted by atomic mass is 79.9. The van der Waals surface area contributed by atoms with Gasteiger partial charge < -0.3 is 4.90 Å². The van der Waals surface area contributed by atoms with Gasteiger partial charge in [-0.3, -0.25) is 4.72 Å². The number of aromatic nitrogens is 1. The third-order valence-electron chi connectivity index (χ3n) is 2.76. The Balaban J connectivity index is 2.05. The van der Waals surface area contributed by atoms with Crippen LogP contribution in [-0.2, 0) is 10.2 Å². The van der Waals surface area contributed by atoms with Gasteiger partial charge in [0, 0.05) is 36.8 Å². The van der Waals surface area contributed by atoms with Gasteiger partial charge in [-0.1, -0.05) is 0 Å². The topological polar surface area (TPSA) is 65.5 Å². The Hall–Kier alpha value is -0.700. The molecule has 1 aliphatic rings. The summed E-state index contributed by atoms with van der Waals surface area (Å²) >= 11 is 3.25. The normalized spacial score (nSPS) is 18.8. The number of anilines is 1. The van der Waals surface area contributed by atoms with Gasteiger partial charge >= 0.3 is 10.2 Å². The van der Waals surface area contributed by atoms with Gasteiger partial charge in [0.2, 0.25) is 0 Å². The van der Waals surface area contributed by atoms with Crippen molar-refractivity contribution >= 4 is 32.0 Å². The molecule has 1 fully saturated rings. The average molecular weight is 335 g/mol. The summed E-state index contributed by atoms with van der Waals surface area (Å²) in [4.78, 5) is 6.10. The molecular formula is C10H15BrN4O2S. The molecule has 100 valence electrons. The molecule has 6 nitrogen and oxygen atoms in total. The molecule has 2 rings (SSSR count). The Bertz CT molecular complexity index is 497. The number of likely N-dealkylation sites (N-methyl/N-ethyl adjacent to an activating group) is 1. The first kappa shape index (κ1) is 13.7. The number of pyridine rings is 1. The number of hydrogen-bond donors (Lipinski definition) is 1. The van der Waals surface area contributed by atoms with Crippen molar-refractivity contribution in [3.63, 3.8) is 0 Å². The fourth-order valence-electron chi connectivity index (χ4n) is 1.66. The summed E-state index contributed by atoms with van der Waals surface area (Å²) in [5, 5.41) is 0. The zero-order chi connectivity index (χ0) is 13.2. The fourth-order valence-corrected chi connectivity index (χ4v) is 3.05. The summed E-state index contributed by atoms with van der Waals surface area (Å²) in [6.07, 6.45) is 1.56. The number of piperazine rings is 1. The van der Waals surface area contributed by atoms with Gasteiger partial charge in [0.05, 0.1) is 0 Å². The van der Waals surface area contributed by atoms with Crippen LogP contribution in [0, 0.1) is 0 Å². The Morgan fingerprint density at radius 3 is 2.50 bits per heavy atom. The fraction of sp³-hybridized carbons (Fsp3) is 0.500. The van der Waals surface area contributed by atoms with Crippen molar-refractivity contribution in [1.29, 1.82) is 0 Å². The van der Waals surface area contributed by atoms with Gasteiger partial charge in [-0.15, -0.1) is 0 Å². The molecule has 0 aromatic carbocycles. The van der Waals surface area contributed by atoms with Crippen LogP contribution in [-0.4, -0.2) is 55.8 Å². The molecule has 1 N–H and O–H groups in total. The lowest BCUT2D eigenvalue weighted by molar-refractivity contribution is 0.223. The summed E-state index contributed by atoms with van der Waals surface area (Å²) in [7, 11) is -1.51. The van der Waals surface area contributed by atoms with Crippen LogP contribution in [0.2, 0.25) is 0 Å². The summed E-state index contributed by atoms with van der Waals surface area (Å²) in [5.41, 5.74) is 0. The van der Waals surface area contributed by atoms with Crippen molar-refractivity contribution in [2.24, 2.45) is 0 Å². The van der Waals surface area contributed by atoms with Crippen molar-refractivity contribution in [3.05, 3.63) is 22.8 Å². The summed E-state index contributed by atoms with van der Waals surface area (Å²) in [6, 6.07) is 3.37. The molecular weight excluding hydrogens is 320 g/mol. The van der Waals surface area contributed by atoms with E-state index in [-0.39, 0.29) is 0 Å². The molecule has 0 radical (unpaired) electrons. The van der Waals surface area contributed by atoms with Crippen LogP contribution < -0.4 is 4.72 Å². The quantitative estimate of drug-likeness (QED) is 0.885. The molecule has 8 heteroatoms. The molecule has 0 spiro atoms. The van der Waals surface area contributed by atoms with E-state index < -0.39 is 10.2 Å². The second kappa shape index (κ2) is 5.52. The van der Waals surface area contributed by atoms with E-state index in [0.717, 1.165) is 17.6 Å². The van der Waals surface area contributed by atoms with E-state index in [4.69, 9.17) is 0 Å². The van der Waals surface area contributed by atoms with E-state index in [1.807, 2.05) is 7.05 Å². The molecule has 0 saturated carbocycles. The van der Waals surface area contributed by atoms with E-state index in [2.05, 4.69) is 30.5 Å². The van der Waals surface area contributed by atoms with E-state index >= 15 is 0 Å². The van der Waals surface area contributed by atoms with Crippen LogP contribution >= 0.6 is 15.9 Å². The smallest absolute Gasteiger partial charge is 0.302 e. The standard InChI is InChI=1S/C10H15BrN4O2S/c1-14-4-6-15(7-5-14)18(16,17)13-10-3-2-9(11)8-12-10/h2-3,8H,4-7H2,1H3,(H,12,13). The Labute approximate surface area is 115 Å². The van der Waals surface area contributed by atoms with Gasteiger partial charge in [0.15, 0.2) is 0 Å². The number of rotatable bonds is 3. The first-order valence-electron chi connectivity index (χ1n) is 5.55. The summed E-state index contributed by atoms with van der Waals surface area (Å²) in [6.45, 7) is 2.49. The van der Waals surface area contributed by atoms with E-state index in [9.17, 15) is 8.42 Å². The molecule has 2 heterocycles. The lowest BCUT2D eigenvalue weighted by Gasteiger charge is -2.31. The number of nitrogens with zero attached hydrogens (tertiary/aromatic N) is 3. The van der Waals surface area contributed by atoms with E-state index in [1.54, 1.807) is 18.3 Å². The maximum absolute atomic E-state index is 12.1. The predicted octanol–water partition coefficient (Wildman–Crippen LogP) is 0.748. The Morgan fingerprint density at radius 1 is 1.28 bits per heavy atom. The summed E-state index contributed by atoms with van der Waals surface area (Å²) < 4.78 is 28.9. The Kier molecular flexibility index (Phi) is 4.21.